The number of rotatable bonds is 5. The maximum atomic E-state index is 12.1. The number of thioether (sulfide) groups is 1. The first kappa shape index (κ1) is 17.5. The molecule has 0 radical (unpaired) electrons. The highest BCUT2D eigenvalue weighted by Gasteiger charge is 2.25. The lowest BCUT2D eigenvalue weighted by Gasteiger charge is -2.15. The Morgan fingerprint density at radius 2 is 1.78 bits per heavy atom. The fraction of sp³-hybridized carbons (Fsp3) is 0.0526. The maximum Gasteiger partial charge on any atom is 0.235 e. The van der Waals surface area contributed by atoms with E-state index in [2.05, 4.69) is 15.5 Å². The molecule has 0 aliphatic rings. The van der Waals surface area contributed by atoms with E-state index in [-0.39, 0.29) is 0 Å². The van der Waals surface area contributed by atoms with Crippen molar-refractivity contribution < 1.29 is 4.79 Å². The summed E-state index contributed by atoms with van der Waals surface area (Å²) in [5, 5.41) is 14.3. The van der Waals surface area contributed by atoms with Crippen molar-refractivity contribution in [2.24, 2.45) is 5.73 Å². The van der Waals surface area contributed by atoms with E-state index < -0.39 is 11.2 Å². The third-order valence-electron chi connectivity index (χ3n) is 4.11. The van der Waals surface area contributed by atoms with Crippen LogP contribution in [0.2, 0.25) is 5.02 Å². The molecular formula is C19H14ClN5OS. The molecule has 0 bridgehead atoms. The second-order valence-electron chi connectivity index (χ2n) is 5.79. The Balaban J connectivity index is 1.77. The third kappa shape index (κ3) is 3.39. The number of nitrogens with two attached hydrogens (primary N) is 1. The van der Waals surface area contributed by atoms with Crippen molar-refractivity contribution in [1.29, 1.82) is 0 Å². The van der Waals surface area contributed by atoms with Gasteiger partial charge in [-0.1, -0.05) is 78.0 Å². The summed E-state index contributed by atoms with van der Waals surface area (Å²) >= 11 is 7.43. The van der Waals surface area contributed by atoms with Crippen LogP contribution in [0, 0.1) is 0 Å². The van der Waals surface area contributed by atoms with Crippen LogP contribution in [-0.2, 0) is 4.79 Å². The Hall–Kier alpha value is -2.90. The zero-order valence-corrected chi connectivity index (χ0v) is 15.6. The van der Waals surface area contributed by atoms with Gasteiger partial charge in [-0.05, 0) is 33.5 Å². The molecule has 0 spiro atoms. The number of hydrogen-bond acceptors (Lipinski definition) is 5. The number of carbonyl (C=O) groups excluding carboxylic acids is 1. The van der Waals surface area contributed by atoms with Gasteiger partial charge in [-0.25, -0.2) is 0 Å². The van der Waals surface area contributed by atoms with Crippen molar-refractivity contribution in [3.63, 3.8) is 0 Å². The van der Waals surface area contributed by atoms with E-state index in [4.69, 9.17) is 17.3 Å². The van der Waals surface area contributed by atoms with Gasteiger partial charge < -0.3 is 5.73 Å². The van der Waals surface area contributed by atoms with Gasteiger partial charge in [0.2, 0.25) is 11.1 Å². The Morgan fingerprint density at radius 3 is 2.59 bits per heavy atom. The van der Waals surface area contributed by atoms with Gasteiger partial charge in [0.25, 0.3) is 0 Å². The molecule has 4 rings (SSSR count). The molecule has 8 heteroatoms. The van der Waals surface area contributed by atoms with Gasteiger partial charge >= 0.3 is 0 Å². The first-order chi connectivity index (χ1) is 13.1. The molecule has 27 heavy (non-hydrogen) atoms. The molecule has 3 aromatic carbocycles. The molecule has 2 N–H and O–H groups in total. The van der Waals surface area contributed by atoms with E-state index in [0.717, 1.165) is 16.5 Å². The van der Waals surface area contributed by atoms with Crippen LogP contribution in [0.1, 0.15) is 10.8 Å². The molecule has 1 amide bonds. The molecule has 0 aliphatic carbocycles. The van der Waals surface area contributed by atoms with Gasteiger partial charge in [-0.2, -0.15) is 4.68 Å². The lowest BCUT2D eigenvalue weighted by molar-refractivity contribution is -0.117. The minimum atomic E-state index is -0.710. The molecule has 1 unspecified atom stereocenters. The van der Waals surface area contributed by atoms with Crippen LogP contribution in [0.15, 0.2) is 71.9 Å². The summed E-state index contributed by atoms with van der Waals surface area (Å²) in [6.07, 6.45) is 0. The van der Waals surface area contributed by atoms with Crippen molar-refractivity contribution in [3.05, 3.63) is 77.3 Å². The van der Waals surface area contributed by atoms with Crippen molar-refractivity contribution in [2.75, 3.05) is 0 Å². The zero-order chi connectivity index (χ0) is 18.8. The predicted molar refractivity (Wildman–Crippen MR) is 106 cm³/mol. The zero-order valence-electron chi connectivity index (χ0n) is 14.0. The number of carbonyl (C=O) groups is 1. The van der Waals surface area contributed by atoms with Gasteiger partial charge in [0.1, 0.15) is 5.25 Å². The molecule has 1 atom stereocenters. The van der Waals surface area contributed by atoms with Crippen LogP contribution >= 0.6 is 23.4 Å². The van der Waals surface area contributed by atoms with E-state index in [9.17, 15) is 4.79 Å². The quantitative estimate of drug-likeness (QED) is 0.519. The Kier molecular flexibility index (Phi) is 4.79. The molecule has 4 aromatic rings. The van der Waals surface area contributed by atoms with Crippen molar-refractivity contribution in [3.8, 4) is 5.69 Å². The maximum absolute atomic E-state index is 12.1. The van der Waals surface area contributed by atoms with Crippen LogP contribution in [0.3, 0.4) is 0 Å². The van der Waals surface area contributed by atoms with Gasteiger partial charge in [0.05, 0.1) is 5.69 Å². The highest BCUT2D eigenvalue weighted by Crippen LogP contribution is 2.38. The Morgan fingerprint density at radius 1 is 1.04 bits per heavy atom. The molecule has 0 fully saturated rings. The third-order valence-corrected chi connectivity index (χ3v) is 5.64. The monoisotopic (exact) mass is 395 g/mol. The lowest BCUT2D eigenvalue weighted by atomic mass is 10.1. The summed E-state index contributed by atoms with van der Waals surface area (Å²) < 4.78 is 1.61. The van der Waals surface area contributed by atoms with Crippen LogP contribution in [0.5, 0.6) is 0 Å². The average Bonchev–Trinajstić information content (AvgIpc) is 3.14. The molecule has 134 valence electrons. The molecule has 0 saturated carbocycles. The van der Waals surface area contributed by atoms with E-state index in [0.29, 0.717) is 15.7 Å². The highest BCUT2D eigenvalue weighted by molar-refractivity contribution is 8.00. The first-order valence-corrected chi connectivity index (χ1v) is 9.38. The molecule has 0 aliphatic heterocycles. The number of amides is 1. The number of benzene rings is 3. The second kappa shape index (κ2) is 7.38. The number of primary amides is 1. The minimum Gasteiger partial charge on any atom is -0.368 e. The van der Waals surface area contributed by atoms with Gasteiger partial charge in [0.15, 0.2) is 0 Å². The fourth-order valence-electron chi connectivity index (χ4n) is 2.86. The first-order valence-electron chi connectivity index (χ1n) is 8.12. The number of fused-ring (bicyclic) bond motifs is 1. The summed E-state index contributed by atoms with van der Waals surface area (Å²) in [5.41, 5.74) is 7.09. The van der Waals surface area contributed by atoms with Crippen LogP contribution < -0.4 is 5.73 Å². The largest absolute Gasteiger partial charge is 0.368 e. The molecular weight excluding hydrogens is 382 g/mol. The van der Waals surface area contributed by atoms with E-state index >= 15 is 0 Å². The minimum absolute atomic E-state index is 0.454. The van der Waals surface area contributed by atoms with Crippen LogP contribution in [-0.4, -0.2) is 26.1 Å². The summed E-state index contributed by atoms with van der Waals surface area (Å²) in [4.78, 5) is 12.1. The second-order valence-corrected chi connectivity index (χ2v) is 7.27. The van der Waals surface area contributed by atoms with E-state index in [1.165, 1.54) is 11.8 Å². The van der Waals surface area contributed by atoms with Gasteiger partial charge in [0, 0.05) is 10.4 Å². The molecule has 0 saturated heterocycles. The topological polar surface area (TPSA) is 86.7 Å². The van der Waals surface area contributed by atoms with Crippen LogP contribution in [0.25, 0.3) is 16.5 Å². The number of halogens is 1. The summed E-state index contributed by atoms with van der Waals surface area (Å²) in [7, 11) is 0. The van der Waals surface area contributed by atoms with Crippen molar-refractivity contribution in [1.82, 2.24) is 20.2 Å². The standard InChI is InChI=1S/C19H14ClN5OS/c20-15-10-4-3-9-14(15)17(18(21)26)27-19-22-23-24-25(19)16-11-5-7-12-6-1-2-8-13(12)16/h1-11,17H,(H2,21,26). The predicted octanol–water partition coefficient (Wildman–Crippen LogP) is 3.79. The SMILES string of the molecule is NC(=O)C(Sc1nnnn1-c1cccc2ccccc12)c1ccccc1Cl. The van der Waals surface area contributed by atoms with Crippen molar-refractivity contribution in [2.45, 2.75) is 10.4 Å². The van der Waals surface area contributed by atoms with E-state index in [1.807, 2.05) is 48.5 Å². The summed E-state index contributed by atoms with van der Waals surface area (Å²) in [6.45, 7) is 0. The normalized spacial score (nSPS) is 12.2. The number of nitrogens with zero attached hydrogens (tertiary/aromatic N) is 4. The summed E-state index contributed by atoms with van der Waals surface area (Å²) in [6, 6.07) is 20.9. The Bertz CT molecular complexity index is 1120. The van der Waals surface area contributed by atoms with Gasteiger partial charge in [-0.15, -0.1) is 5.10 Å². The van der Waals surface area contributed by atoms with E-state index in [1.54, 1.807) is 22.9 Å². The Labute approximate surface area is 164 Å². The molecule has 1 heterocycles. The number of aromatic nitrogens is 4. The number of hydrogen-bond donors (Lipinski definition) is 1. The van der Waals surface area contributed by atoms with Crippen molar-refractivity contribution >= 4 is 40.0 Å². The van der Waals surface area contributed by atoms with Crippen LogP contribution in [0.4, 0.5) is 0 Å². The average molecular weight is 396 g/mol. The highest BCUT2D eigenvalue weighted by atomic mass is 35.5. The fourth-order valence-corrected chi connectivity index (χ4v) is 4.15. The number of tetrazole rings is 1. The molecule has 6 nitrogen and oxygen atoms in total. The smallest absolute Gasteiger partial charge is 0.235 e. The molecule has 1 aromatic heterocycles. The lowest BCUT2D eigenvalue weighted by Crippen LogP contribution is -2.19. The summed E-state index contributed by atoms with van der Waals surface area (Å²) in [5.74, 6) is -0.513. The van der Waals surface area contributed by atoms with Gasteiger partial charge in [-0.3, -0.25) is 4.79 Å².